The van der Waals surface area contributed by atoms with E-state index in [1.807, 2.05) is 13.8 Å². The van der Waals surface area contributed by atoms with Gasteiger partial charge in [0, 0.05) is 29.4 Å². The van der Waals surface area contributed by atoms with Crippen LogP contribution in [0.1, 0.15) is 24.2 Å². The molecule has 0 spiro atoms. The Kier molecular flexibility index (Phi) is 6.14. The number of carbonyl (C=O) groups is 1. The molecule has 0 aliphatic rings. The minimum atomic E-state index is -3.29. The molecule has 1 heterocycles. The molecule has 0 atom stereocenters. The van der Waals surface area contributed by atoms with E-state index in [9.17, 15) is 13.2 Å². The van der Waals surface area contributed by atoms with E-state index < -0.39 is 9.84 Å². The molecule has 3 rings (SSSR count). The van der Waals surface area contributed by atoms with Crippen LogP contribution in [0.2, 0.25) is 0 Å². The summed E-state index contributed by atoms with van der Waals surface area (Å²) in [7, 11) is -3.29. The van der Waals surface area contributed by atoms with Crippen molar-refractivity contribution in [3.05, 3.63) is 54.4 Å². The van der Waals surface area contributed by atoms with Crippen LogP contribution in [-0.4, -0.2) is 36.0 Å². The standard InChI is InChI=1S/C19H19N3O5S2/c1-12(2)26-15-8-13(18(23)22-19-20-11-21-28-19)9-16(10-15)27-14-4-6-17(7-5-14)29(3,24)25/h4-12H,1-3H3,(H,20,21,22,23). The van der Waals surface area contributed by atoms with Gasteiger partial charge in [0.1, 0.15) is 23.6 Å². The number of benzene rings is 2. The summed E-state index contributed by atoms with van der Waals surface area (Å²) in [5.41, 5.74) is 0.320. The number of ether oxygens (including phenoxy) is 2. The molecule has 10 heteroatoms. The van der Waals surface area contributed by atoms with Crippen LogP contribution in [0.15, 0.2) is 53.7 Å². The van der Waals surface area contributed by atoms with Gasteiger partial charge in [0.2, 0.25) is 5.13 Å². The maximum absolute atomic E-state index is 12.6. The first-order valence-electron chi connectivity index (χ1n) is 8.58. The SMILES string of the molecule is CC(C)Oc1cc(Oc2ccc(S(C)(=O)=O)cc2)cc(C(=O)Nc2ncns2)c1. The molecule has 0 saturated heterocycles. The monoisotopic (exact) mass is 433 g/mol. The second-order valence-corrected chi connectivity index (χ2v) is 9.20. The van der Waals surface area contributed by atoms with E-state index in [1.165, 1.54) is 18.5 Å². The first kappa shape index (κ1) is 20.7. The third-order valence-electron chi connectivity index (χ3n) is 3.58. The summed E-state index contributed by atoms with van der Waals surface area (Å²) < 4.78 is 38.6. The van der Waals surface area contributed by atoms with E-state index >= 15 is 0 Å². The average molecular weight is 434 g/mol. The first-order chi connectivity index (χ1) is 13.7. The van der Waals surface area contributed by atoms with Crippen molar-refractivity contribution in [1.29, 1.82) is 0 Å². The van der Waals surface area contributed by atoms with E-state index in [0.29, 0.717) is 27.9 Å². The molecule has 0 fully saturated rings. The van der Waals surface area contributed by atoms with Gasteiger partial charge < -0.3 is 9.47 Å². The van der Waals surface area contributed by atoms with Gasteiger partial charge in [0.25, 0.3) is 5.91 Å². The van der Waals surface area contributed by atoms with Crippen molar-refractivity contribution in [2.45, 2.75) is 24.8 Å². The fraction of sp³-hybridized carbons (Fsp3) is 0.211. The molecule has 3 aromatic rings. The lowest BCUT2D eigenvalue weighted by atomic mass is 10.2. The number of hydrogen-bond donors (Lipinski definition) is 1. The molecule has 0 bridgehead atoms. The zero-order valence-corrected chi connectivity index (χ0v) is 17.6. The lowest BCUT2D eigenvalue weighted by Gasteiger charge is -2.14. The Bertz CT molecular complexity index is 1100. The van der Waals surface area contributed by atoms with Crippen LogP contribution in [0.5, 0.6) is 17.2 Å². The largest absolute Gasteiger partial charge is 0.491 e. The highest BCUT2D eigenvalue weighted by molar-refractivity contribution is 7.90. The molecule has 0 radical (unpaired) electrons. The van der Waals surface area contributed by atoms with Crippen LogP contribution in [-0.2, 0) is 9.84 Å². The van der Waals surface area contributed by atoms with Crippen LogP contribution < -0.4 is 14.8 Å². The highest BCUT2D eigenvalue weighted by atomic mass is 32.2. The van der Waals surface area contributed by atoms with Crippen molar-refractivity contribution >= 4 is 32.4 Å². The van der Waals surface area contributed by atoms with Gasteiger partial charge in [-0.3, -0.25) is 10.1 Å². The van der Waals surface area contributed by atoms with Gasteiger partial charge in [-0.2, -0.15) is 4.37 Å². The fourth-order valence-electron chi connectivity index (χ4n) is 2.39. The Hall–Kier alpha value is -2.98. The Labute approximate surface area is 172 Å². The number of sulfone groups is 1. The quantitative estimate of drug-likeness (QED) is 0.604. The van der Waals surface area contributed by atoms with Crippen LogP contribution in [0.25, 0.3) is 0 Å². The maximum atomic E-state index is 12.6. The van der Waals surface area contributed by atoms with E-state index in [0.717, 1.165) is 17.8 Å². The summed E-state index contributed by atoms with van der Waals surface area (Å²) in [5, 5.41) is 3.04. The van der Waals surface area contributed by atoms with Gasteiger partial charge in [0.05, 0.1) is 11.0 Å². The van der Waals surface area contributed by atoms with Crippen molar-refractivity contribution in [3.63, 3.8) is 0 Å². The smallest absolute Gasteiger partial charge is 0.257 e. The van der Waals surface area contributed by atoms with Crippen molar-refractivity contribution in [3.8, 4) is 17.2 Å². The molecule has 2 aromatic carbocycles. The Morgan fingerprint density at radius 3 is 2.34 bits per heavy atom. The number of hydrogen-bond acceptors (Lipinski definition) is 8. The third-order valence-corrected chi connectivity index (χ3v) is 5.29. The summed E-state index contributed by atoms with van der Waals surface area (Å²) in [4.78, 5) is 16.7. The molecule has 1 aromatic heterocycles. The summed E-state index contributed by atoms with van der Waals surface area (Å²) in [6.45, 7) is 3.75. The lowest BCUT2D eigenvalue weighted by Crippen LogP contribution is -2.13. The molecule has 1 amide bonds. The van der Waals surface area contributed by atoms with Gasteiger partial charge >= 0.3 is 0 Å². The molecule has 0 aliphatic heterocycles. The summed E-state index contributed by atoms with van der Waals surface area (Å²) >= 11 is 1.07. The molecule has 0 unspecified atom stereocenters. The van der Waals surface area contributed by atoms with Crippen molar-refractivity contribution in [2.75, 3.05) is 11.6 Å². The second-order valence-electron chi connectivity index (χ2n) is 6.41. The minimum absolute atomic E-state index is 0.0987. The van der Waals surface area contributed by atoms with Crippen LogP contribution >= 0.6 is 11.5 Å². The summed E-state index contributed by atoms with van der Waals surface area (Å²) in [6.07, 6.45) is 2.39. The van der Waals surface area contributed by atoms with E-state index in [4.69, 9.17) is 9.47 Å². The minimum Gasteiger partial charge on any atom is -0.491 e. The third kappa shape index (κ3) is 5.75. The fourth-order valence-corrected chi connectivity index (χ4v) is 3.45. The number of nitrogens with one attached hydrogen (secondary N) is 1. The first-order valence-corrected chi connectivity index (χ1v) is 11.2. The van der Waals surface area contributed by atoms with E-state index in [-0.39, 0.29) is 16.9 Å². The van der Waals surface area contributed by atoms with Gasteiger partial charge in [-0.25, -0.2) is 13.4 Å². The van der Waals surface area contributed by atoms with Crippen molar-refractivity contribution in [1.82, 2.24) is 9.36 Å². The van der Waals surface area contributed by atoms with E-state index in [1.54, 1.807) is 30.3 Å². The number of amides is 1. The molecule has 0 aliphatic carbocycles. The van der Waals surface area contributed by atoms with Gasteiger partial charge in [-0.15, -0.1) is 0 Å². The Morgan fingerprint density at radius 1 is 1.07 bits per heavy atom. The van der Waals surface area contributed by atoms with Gasteiger partial charge in [0.15, 0.2) is 9.84 Å². The van der Waals surface area contributed by atoms with Gasteiger partial charge in [-0.1, -0.05) is 0 Å². The number of nitrogens with zero attached hydrogens (tertiary/aromatic N) is 2. The molecule has 8 nitrogen and oxygen atoms in total. The highest BCUT2D eigenvalue weighted by Gasteiger charge is 2.14. The van der Waals surface area contributed by atoms with Crippen molar-refractivity contribution < 1.29 is 22.7 Å². The maximum Gasteiger partial charge on any atom is 0.257 e. The molecular formula is C19H19N3O5S2. The number of rotatable bonds is 7. The number of carbonyl (C=O) groups excluding carboxylic acids is 1. The predicted octanol–water partition coefficient (Wildman–Crippen LogP) is 3.77. The molecule has 152 valence electrons. The van der Waals surface area contributed by atoms with Crippen LogP contribution in [0.3, 0.4) is 0 Å². The molecule has 0 saturated carbocycles. The zero-order valence-electron chi connectivity index (χ0n) is 15.9. The summed E-state index contributed by atoms with van der Waals surface area (Å²) in [5.74, 6) is 0.883. The second kappa shape index (κ2) is 8.58. The predicted molar refractivity (Wildman–Crippen MR) is 110 cm³/mol. The molecule has 1 N–H and O–H groups in total. The average Bonchev–Trinajstić information content (AvgIpc) is 3.13. The Morgan fingerprint density at radius 2 is 1.76 bits per heavy atom. The lowest BCUT2D eigenvalue weighted by molar-refractivity contribution is 0.102. The topological polar surface area (TPSA) is 107 Å². The van der Waals surface area contributed by atoms with Gasteiger partial charge in [-0.05, 0) is 50.2 Å². The number of aromatic nitrogens is 2. The summed E-state index contributed by atoms with van der Waals surface area (Å²) in [6, 6.07) is 10.8. The Balaban J connectivity index is 1.87. The highest BCUT2D eigenvalue weighted by Crippen LogP contribution is 2.29. The molecular weight excluding hydrogens is 414 g/mol. The molecule has 29 heavy (non-hydrogen) atoms. The normalized spacial score (nSPS) is 11.3. The zero-order chi connectivity index (χ0) is 21.0. The van der Waals surface area contributed by atoms with Crippen molar-refractivity contribution in [2.24, 2.45) is 0 Å². The van der Waals surface area contributed by atoms with E-state index in [2.05, 4.69) is 14.7 Å². The van der Waals surface area contributed by atoms with Crippen LogP contribution in [0, 0.1) is 0 Å². The number of anilines is 1. The van der Waals surface area contributed by atoms with Crippen LogP contribution in [0.4, 0.5) is 5.13 Å².